The van der Waals surface area contributed by atoms with Gasteiger partial charge in [0.05, 0.1) is 0 Å². The minimum atomic E-state index is -4.36. The van der Waals surface area contributed by atoms with E-state index in [0.717, 1.165) is 5.56 Å². The third-order valence-corrected chi connectivity index (χ3v) is 2.38. The molecule has 0 nitrogen and oxygen atoms in total. The van der Waals surface area contributed by atoms with E-state index < -0.39 is 11.7 Å². The molecule has 0 radical (unpaired) electrons. The van der Waals surface area contributed by atoms with E-state index in [4.69, 9.17) is 0 Å². The summed E-state index contributed by atoms with van der Waals surface area (Å²) in [6.45, 7) is 10.3. The predicted octanol–water partition coefficient (Wildman–Crippen LogP) is 4.85. The molecule has 0 aliphatic heterocycles. The quantitative estimate of drug-likeness (QED) is 0.657. The van der Waals surface area contributed by atoms with Crippen LogP contribution in [0.1, 0.15) is 17.5 Å². The van der Waals surface area contributed by atoms with E-state index >= 15 is 0 Å². The van der Waals surface area contributed by atoms with Gasteiger partial charge in [0, 0.05) is 12.0 Å². The number of halogens is 3. The molecule has 0 N–H and O–H groups in total. The van der Waals surface area contributed by atoms with Gasteiger partial charge in [0.2, 0.25) is 0 Å². The predicted molar refractivity (Wildman–Crippen MR) is 65.4 cm³/mol. The molecule has 0 heterocycles. The van der Waals surface area contributed by atoms with Crippen LogP contribution in [0.5, 0.6) is 0 Å². The fourth-order valence-electron chi connectivity index (χ4n) is 1.31. The van der Waals surface area contributed by atoms with Crippen molar-refractivity contribution in [3.8, 4) is 0 Å². The maximum absolute atomic E-state index is 12.3. The van der Waals surface area contributed by atoms with Crippen LogP contribution in [-0.2, 0) is 0 Å². The molecular formula is C14H13F3. The zero-order valence-corrected chi connectivity index (χ0v) is 9.35. The Balaban J connectivity index is 2.77. The maximum atomic E-state index is 12.3. The molecule has 0 unspecified atom stereocenters. The van der Waals surface area contributed by atoms with E-state index in [1.54, 1.807) is 30.3 Å². The van der Waals surface area contributed by atoms with Crippen molar-refractivity contribution in [2.45, 2.75) is 12.6 Å². The molecule has 17 heavy (non-hydrogen) atoms. The van der Waals surface area contributed by atoms with Crippen molar-refractivity contribution in [1.82, 2.24) is 0 Å². The van der Waals surface area contributed by atoms with Crippen LogP contribution >= 0.6 is 0 Å². The van der Waals surface area contributed by atoms with Crippen molar-refractivity contribution in [3.63, 3.8) is 0 Å². The first-order chi connectivity index (χ1) is 7.84. The lowest BCUT2D eigenvalue weighted by Crippen LogP contribution is -2.10. The third-order valence-electron chi connectivity index (χ3n) is 2.38. The number of alkyl halides is 3. The average Bonchev–Trinajstić information content (AvgIpc) is 2.27. The molecular weight excluding hydrogens is 225 g/mol. The molecule has 1 rings (SSSR count). The Morgan fingerprint density at radius 3 is 2.06 bits per heavy atom. The van der Waals surface area contributed by atoms with E-state index in [1.165, 1.54) is 0 Å². The Hall–Kier alpha value is -1.77. The van der Waals surface area contributed by atoms with Crippen molar-refractivity contribution in [3.05, 3.63) is 60.7 Å². The molecule has 0 spiro atoms. The van der Waals surface area contributed by atoms with E-state index in [-0.39, 0.29) is 6.42 Å². The van der Waals surface area contributed by atoms with Gasteiger partial charge in [-0.1, -0.05) is 50.1 Å². The first-order valence-electron chi connectivity index (χ1n) is 5.00. The Kier molecular flexibility index (Phi) is 3.94. The third kappa shape index (κ3) is 3.63. The molecule has 0 amide bonds. The highest BCUT2D eigenvalue weighted by molar-refractivity contribution is 5.66. The summed E-state index contributed by atoms with van der Waals surface area (Å²) in [5, 5.41) is 0. The van der Waals surface area contributed by atoms with Gasteiger partial charge in [0.15, 0.2) is 0 Å². The van der Waals surface area contributed by atoms with Gasteiger partial charge in [-0.2, -0.15) is 13.2 Å². The van der Waals surface area contributed by atoms with Crippen molar-refractivity contribution >= 4 is 11.6 Å². The van der Waals surface area contributed by atoms with Crippen molar-refractivity contribution in [2.24, 2.45) is 0 Å². The molecule has 3 heteroatoms. The summed E-state index contributed by atoms with van der Waals surface area (Å²) in [5.41, 5.74) is 1.22. The summed E-state index contributed by atoms with van der Waals surface area (Å²) >= 11 is 0. The molecule has 90 valence electrons. The standard InChI is InChI=1S/C14H13F3/c1-4-12-5-7-13(8-6-12)10(2)9-11(3)14(15,16)17/h4-8H,1-3,9H2. The number of allylic oxidation sites excluding steroid dienone is 2. The smallest absolute Gasteiger partial charge is 0.166 e. The first-order valence-corrected chi connectivity index (χ1v) is 5.00. The lowest BCUT2D eigenvalue weighted by Gasteiger charge is -2.12. The van der Waals surface area contributed by atoms with Crippen LogP contribution in [0, 0.1) is 0 Å². The van der Waals surface area contributed by atoms with E-state index in [0.29, 0.717) is 11.1 Å². The highest BCUT2D eigenvalue weighted by Crippen LogP contribution is 2.31. The fraction of sp³-hybridized carbons (Fsp3) is 0.143. The van der Waals surface area contributed by atoms with E-state index in [1.807, 2.05) is 0 Å². The second-order valence-corrected chi connectivity index (χ2v) is 3.71. The fourth-order valence-corrected chi connectivity index (χ4v) is 1.31. The minimum Gasteiger partial charge on any atom is -0.166 e. The van der Waals surface area contributed by atoms with Gasteiger partial charge in [0.1, 0.15) is 0 Å². The zero-order chi connectivity index (χ0) is 13.1. The molecule has 1 aromatic rings. The summed E-state index contributed by atoms with van der Waals surface area (Å²) < 4.78 is 36.9. The van der Waals surface area contributed by atoms with Crippen LogP contribution in [0.15, 0.2) is 49.6 Å². The highest BCUT2D eigenvalue weighted by atomic mass is 19.4. The summed E-state index contributed by atoms with van der Waals surface area (Å²) in [4.78, 5) is 0. The number of rotatable bonds is 4. The van der Waals surface area contributed by atoms with E-state index in [2.05, 4.69) is 19.7 Å². The zero-order valence-electron chi connectivity index (χ0n) is 9.35. The number of benzene rings is 1. The Morgan fingerprint density at radius 2 is 1.65 bits per heavy atom. The lowest BCUT2D eigenvalue weighted by atomic mass is 9.99. The monoisotopic (exact) mass is 238 g/mol. The van der Waals surface area contributed by atoms with Crippen LogP contribution in [0.2, 0.25) is 0 Å². The number of hydrogen-bond acceptors (Lipinski definition) is 0. The summed E-state index contributed by atoms with van der Waals surface area (Å²) in [6.07, 6.45) is -2.96. The number of hydrogen-bond donors (Lipinski definition) is 0. The molecule has 0 aliphatic rings. The van der Waals surface area contributed by atoms with Gasteiger partial charge < -0.3 is 0 Å². The van der Waals surface area contributed by atoms with Crippen LogP contribution in [0.4, 0.5) is 13.2 Å². The van der Waals surface area contributed by atoms with Gasteiger partial charge in [-0.3, -0.25) is 0 Å². The second-order valence-electron chi connectivity index (χ2n) is 3.71. The summed E-state index contributed by atoms with van der Waals surface area (Å²) in [5.74, 6) is 0. The van der Waals surface area contributed by atoms with E-state index in [9.17, 15) is 13.2 Å². The van der Waals surface area contributed by atoms with Gasteiger partial charge in [-0.05, 0) is 16.7 Å². The van der Waals surface area contributed by atoms with Crippen molar-refractivity contribution in [1.29, 1.82) is 0 Å². The van der Waals surface area contributed by atoms with Crippen molar-refractivity contribution in [2.75, 3.05) is 0 Å². The summed E-state index contributed by atoms with van der Waals surface area (Å²) in [7, 11) is 0. The van der Waals surface area contributed by atoms with Crippen LogP contribution in [-0.4, -0.2) is 6.18 Å². The van der Waals surface area contributed by atoms with Gasteiger partial charge >= 0.3 is 6.18 Å². The van der Waals surface area contributed by atoms with Gasteiger partial charge in [0.25, 0.3) is 0 Å². The molecule has 0 saturated carbocycles. The highest BCUT2D eigenvalue weighted by Gasteiger charge is 2.31. The Morgan fingerprint density at radius 1 is 1.12 bits per heavy atom. The largest absolute Gasteiger partial charge is 0.412 e. The average molecular weight is 238 g/mol. The Labute approximate surface area is 98.8 Å². The second kappa shape index (κ2) is 5.04. The molecule has 0 aliphatic carbocycles. The van der Waals surface area contributed by atoms with Crippen molar-refractivity contribution < 1.29 is 13.2 Å². The normalized spacial score (nSPS) is 11.0. The van der Waals surface area contributed by atoms with Gasteiger partial charge in [-0.25, -0.2) is 0 Å². The maximum Gasteiger partial charge on any atom is 0.412 e. The molecule has 0 atom stereocenters. The Bertz CT molecular complexity index is 436. The first kappa shape index (κ1) is 13.3. The molecule has 0 bridgehead atoms. The molecule has 0 aromatic heterocycles. The minimum absolute atomic E-state index is 0.267. The van der Waals surface area contributed by atoms with Gasteiger partial charge in [-0.15, -0.1) is 0 Å². The SMILES string of the molecule is C=Cc1ccc(C(=C)CC(=C)C(F)(F)F)cc1. The van der Waals surface area contributed by atoms with Crippen LogP contribution < -0.4 is 0 Å². The molecule has 1 aromatic carbocycles. The molecule has 0 saturated heterocycles. The van der Waals surface area contributed by atoms with Crippen LogP contribution in [0.25, 0.3) is 11.6 Å². The molecule has 0 fully saturated rings. The van der Waals surface area contributed by atoms with Crippen LogP contribution in [0.3, 0.4) is 0 Å². The summed E-state index contributed by atoms with van der Waals surface area (Å²) in [6, 6.07) is 7.01. The lowest BCUT2D eigenvalue weighted by molar-refractivity contribution is -0.0922. The topological polar surface area (TPSA) is 0 Å².